The summed E-state index contributed by atoms with van der Waals surface area (Å²) in [7, 11) is -0.0561. The van der Waals surface area contributed by atoms with E-state index in [-0.39, 0.29) is 5.41 Å². The molecule has 1 unspecified atom stereocenters. The van der Waals surface area contributed by atoms with Crippen LogP contribution in [0, 0.1) is 13.8 Å². The molecule has 1 atom stereocenters. The topological polar surface area (TPSA) is 18.8 Å². The molecule has 1 heterocycles. The number of aryl methyl sites for hydroxylation is 2. The van der Waals surface area contributed by atoms with E-state index < -0.39 is 7.21 Å². The Morgan fingerprint density at radius 2 is 1.56 bits per heavy atom. The maximum absolute atomic E-state index is 5.70. The smallest absolute Gasteiger partial charge is 0.0897 e. The zero-order valence-corrected chi connectivity index (χ0v) is 22.6. The summed E-state index contributed by atoms with van der Waals surface area (Å²) in [6.45, 7) is 15.4. The maximum Gasteiger partial charge on any atom is 0.0897 e. The molecular weight excluding hydrogens is 433 g/mol. The first-order valence-corrected chi connectivity index (χ1v) is 14.1. The Kier molecular flexibility index (Phi) is 6.90. The van der Waals surface area contributed by atoms with Gasteiger partial charge in [0.25, 0.3) is 0 Å². The van der Waals surface area contributed by atoms with Crippen LogP contribution in [0.2, 0.25) is 0 Å². The molecule has 34 heavy (non-hydrogen) atoms. The highest BCUT2D eigenvalue weighted by molar-refractivity contribution is 7.74. The average molecular weight is 472 g/mol. The van der Waals surface area contributed by atoms with Crippen LogP contribution in [0.4, 0.5) is 11.4 Å². The Morgan fingerprint density at radius 1 is 0.912 bits per heavy atom. The Bertz CT molecular complexity index is 1250. The third-order valence-corrected chi connectivity index (χ3v) is 10.8. The van der Waals surface area contributed by atoms with Crippen molar-refractivity contribution in [3.8, 4) is 0 Å². The van der Waals surface area contributed by atoms with Crippen LogP contribution in [-0.4, -0.2) is 24.8 Å². The minimum atomic E-state index is -2.26. The number of anilines is 1. The van der Waals surface area contributed by atoms with Crippen molar-refractivity contribution in [3.05, 3.63) is 101 Å². The van der Waals surface area contributed by atoms with E-state index in [1.165, 1.54) is 33.4 Å². The predicted octanol–water partition coefficient (Wildman–Crippen LogP) is 7.99. The van der Waals surface area contributed by atoms with Crippen molar-refractivity contribution in [1.82, 2.24) is 4.67 Å². The summed E-state index contributed by atoms with van der Waals surface area (Å²) in [6.07, 6.45) is 0. The zero-order chi connectivity index (χ0) is 24.5. The van der Waals surface area contributed by atoms with Gasteiger partial charge in [0.1, 0.15) is 0 Å². The molecule has 0 saturated carbocycles. The van der Waals surface area contributed by atoms with Gasteiger partial charge in [-0.3, -0.25) is 4.67 Å². The second kappa shape index (κ2) is 9.56. The van der Waals surface area contributed by atoms with Gasteiger partial charge in [-0.2, -0.15) is 0 Å². The number of likely N-dealkylation sites (N-methyl/N-ethyl adjacent to an activating group) is 1. The lowest BCUT2D eigenvalue weighted by atomic mass is 9.84. The Morgan fingerprint density at radius 3 is 2.18 bits per heavy atom. The fourth-order valence-corrected chi connectivity index (χ4v) is 9.06. The van der Waals surface area contributed by atoms with Gasteiger partial charge in [0.05, 0.1) is 12.9 Å². The maximum atomic E-state index is 5.70. The lowest BCUT2D eigenvalue weighted by Gasteiger charge is -2.36. The summed E-state index contributed by atoms with van der Waals surface area (Å²) in [5.74, 6) is 2.54. The molecule has 3 nitrogen and oxygen atoms in total. The van der Waals surface area contributed by atoms with Crippen LogP contribution >= 0.6 is 7.21 Å². The van der Waals surface area contributed by atoms with Gasteiger partial charge in [0, 0.05) is 42.2 Å². The standard InChI is InChI=1S/C30H38N3P/c1-8-33(9-2)34(25-15-11-10-12-16-25,31-27-20-19-23(3)21-24(27)4)22-29-30(5,6)26-17-13-14-18-28(26)32(29)7/h10-22H,8-9H2,1-7H3/b29-22+. The fraction of sp³-hybridized carbons (Fsp3) is 0.333. The number of para-hydroxylation sites is 1. The molecule has 0 saturated heterocycles. The number of nitrogens with zero attached hydrogens (tertiary/aromatic N) is 3. The molecule has 0 aromatic heterocycles. The molecule has 0 fully saturated rings. The van der Waals surface area contributed by atoms with Crippen molar-refractivity contribution in [2.45, 2.75) is 47.0 Å². The highest BCUT2D eigenvalue weighted by Gasteiger charge is 2.40. The minimum absolute atomic E-state index is 0.101. The van der Waals surface area contributed by atoms with Crippen molar-refractivity contribution in [1.29, 1.82) is 0 Å². The highest BCUT2D eigenvalue weighted by atomic mass is 31.2. The molecule has 0 N–H and O–H groups in total. The fourth-order valence-electron chi connectivity index (χ4n) is 5.25. The van der Waals surface area contributed by atoms with Crippen LogP contribution in [0.5, 0.6) is 0 Å². The van der Waals surface area contributed by atoms with E-state index >= 15 is 0 Å². The van der Waals surface area contributed by atoms with E-state index in [1.54, 1.807) is 0 Å². The lowest BCUT2D eigenvalue weighted by molar-refractivity contribution is 0.508. The first kappa shape index (κ1) is 24.5. The van der Waals surface area contributed by atoms with E-state index in [2.05, 4.69) is 137 Å². The molecule has 4 rings (SSSR count). The molecule has 4 heteroatoms. The third-order valence-electron chi connectivity index (χ3n) is 7.15. The summed E-state index contributed by atoms with van der Waals surface area (Å²) < 4.78 is 8.29. The van der Waals surface area contributed by atoms with Gasteiger partial charge in [-0.15, -0.1) is 0 Å². The van der Waals surface area contributed by atoms with Crippen molar-refractivity contribution in [2.75, 3.05) is 25.0 Å². The van der Waals surface area contributed by atoms with Gasteiger partial charge in [-0.25, -0.2) is 4.74 Å². The number of hydrogen-bond donors (Lipinski definition) is 0. The number of allylic oxidation sites excluding steroid dienone is 1. The third kappa shape index (κ3) is 4.17. The van der Waals surface area contributed by atoms with Crippen molar-refractivity contribution in [3.63, 3.8) is 0 Å². The van der Waals surface area contributed by atoms with Crippen LogP contribution in [-0.2, 0) is 5.41 Å². The summed E-state index contributed by atoms with van der Waals surface area (Å²) in [6, 6.07) is 26.4. The monoisotopic (exact) mass is 471 g/mol. The van der Waals surface area contributed by atoms with E-state index in [0.717, 1.165) is 18.8 Å². The quantitative estimate of drug-likeness (QED) is 0.339. The molecule has 0 bridgehead atoms. The molecule has 1 aliphatic heterocycles. The number of hydrogen-bond acceptors (Lipinski definition) is 2. The van der Waals surface area contributed by atoms with Crippen molar-refractivity contribution in [2.24, 2.45) is 4.74 Å². The molecule has 178 valence electrons. The molecule has 0 aliphatic carbocycles. The predicted molar refractivity (Wildman–Crippen MR) is 150 cm³/mol. The average Bonchev–Trinajstić information content (AvgIpc) is 3.02. The van der Waals surface area contributed by atoms with Gasteiger partial charge < -0.3 is 4.90 Å². The number of rotatable bonds is 6. The summed E-state index contributed by atoms with van der Waals surface area (Å²) in [5, 5.41) is 1.30. The van der Waals surface area contributed by atoms with E-state index in [0.29, 0.717) is 0 Å². The first-order chi connectivity index (χ1) is 16.2. The molecular formula is C30H38N3P. The minimum Gasteiger partial charge on any atom is -0.347 e. The SMILES string of the molecule is CCN(CC)P(/C=C1/N(C)c2ccccc2C1(C)C)(=Nc1ccc(C)cc1C)c1ccccc1. The van der Waals surface area contributed by atoms with Gasteiger partial charge >= 0.3 is 0 Å². The summed E-state index contributed by atoms with van der Waals surface area (Å²) in [5.41, 5.74) is 7.48. The second-order valence-electron chi connectivity index (χ2n) is 9.73. The van der Waals surface area contributed by atoms with E-state index in [9.17, 15) is 0 Å². The summed E-state index contributed by atoms with van der Waals surface area (Å²) in [4.78, 5) is 2.38. The van der Waals surface area contributed by atoms with Gasteiger partial charge in [-0.1, -0.05) is 93.9 Å². The lowest BCUT2D eigenvalue weighted by Crippen LogP contribution is -2.28. The largest absolute Gasteiger partial charge is 0.347 e. The van der Waals surface area contributed by atoms with Crippen LogP contribution in [0.1, 0.15) is 44.4 Å². The Balaban J connectivity index is 2.09. The molecule has 1 aliphatic rings. The molecule has 0 spiro atoms. The highest BCUT2D eigenvalue weighted by Crippen LogP contribution is 2.60. The molecule has 0 radical (unpaired) electrons. The van der Waals surface area contributed by atoms with Crippen LogP contribution in [0.15, 0.2) is 89.1 Å². The summed E-state index contributed by atoms with van der Waals surface area (Å²) >= 11 is 0. The van der Waals surface area contributed by atoms with Gasteiger partial charge in [-0.05, 0) is 42.9 Å². The molecule has 0 amide bonds. The zero-order valence-electron chi connectivity index (χ0n) is 21.7. The second-order valence-corrected chi connectivity index (χ2v) is 12.6. The first-order valence-electron chi connectivity index (χ1n) is 12.3. The van der Waals surface area contributed by atoms with Crippen LogP contribution in [0.25, 0.3) is 0 Å². The van der Waals surface area contributed by atoms with E-state index in [1.807, 2.05) is 0 Å². The van der Waals surface area contributed by atoms with Crippen LogP contribution in [0.3, 0.4) is 0 Å². The van der Waals surface area contributed by atoms with Crippen molar-refractivity contribution >= 4 is 23.9 Å². The molecule has 3 aromatic carbocycles. The van der Waals surface area contributed by atoms with Crippen LogP contribution < -0.4 is 10.2 Å². The number of fused-ring (bicyclic) bond motifs is 1. The Labute approximate surface area is 206 Å². The van der Waals surface area contributed by atoms with E-state index in [4.69, 9.17) is 4.74 Å². The van der Waals surface area contributed by atoms with Crippen molar-refractivity contribution < 1.29 is 0 Å². The normalized spacial score (nSPS) is 17.6. The molecule has 3 aromatic rings. The number of benzene rings is 3. The van der Waals surface area contributed by atoms with Gasteiger partial charge in [0.15, 0.2) is 0 Å². The Hall–Kier alpha value is -2.61. The van der Waals surface area contributed by atoms with Gasteiger partial charge in [0.2, 0.25) is 0 Å².